The molecule has 84 valence electrons. The Bertz CT molecular complexity index is 704. The predicted octanol–water partition coefficient (Wildman–Crippen LogP) is 3.71. The quantitative estimate of drug-likeness (QED) is 0.587. The van der Waals surface area contributed by atoms with E-state index in [-0.39, 0.29) is 0 Å². The molecule has 0 fully saturated rings. The van der Waals surface area contributed by atoms with Gasteiger partial charge >= 0.3 is 0 Å². The number of rotatable bonds is 1. The van der Waals surface area contributed by atoms with Crippen molar-refractivity contribution in [1.82, 2.24) is 4.98 Å². The summed E-state index contributed by atoms with van der Waals surface area (Å²) in [5.41, 5.74) is 3.24. The fourth-order valence-corrected chi connectivity index (χ4v) is 2.13. The summed E-state index contributed by atoms with van der Waals surface area (Å²) in [6.45, 7) is 2.09. The lowest BCUT2D eigenvalue weighted by Gasteiger charge is -2.06. The van der Waals surface area contributed by atoms with Gasteiger partial charge in [-0.2, -0.15) is 0 Å². The molecule has 0 aliphatic rings. The standard InChI is InChI=1S/C15H13NO/c1-10-6-7-13-11(8-10)9-12-14(16-13)4-3-5-15(12)17-2/h3-9H,1-2H3. The number of hydrogen-bond acceptors (Lipinski definition) is 2. The highest BCUT2D eigenvalue weighted by atomic mass is 16.5. The molecule has 3 aromatic rings. The molecule has 0 aliphatic heterocycles. The number of aryl methyl sites for hydroxylation is 1. The first kappa shape index (κ1) is 10.1. The molecule has 0 amide bonds. The van der Waals surface area contributed by atoms with Crippen molar-refractivity contribution >= 4 is 21.8 Å². The van der Waals surface area contributed by atoms with E-state index >= 15 is 0 Å². The van der Waals surface area contributed by atoms with Crippen LogP contribution in [0.1, 0.15) is 5.56 Å². The molecule has 2 aromatic carbocycles. The summed E-state index contributed by atoms with van der Waals surface area (Å²) in [5.74, 6) is 0.874. The topological polar surface area (TPSA) is 22.1 Å². The molecule has 0 saturated heterocycles. The van der Waals surface area contributed by atoms with E-state index in [1.54, 1.807) is 7.11 Å². The first-order valence-corrected chi connectivity index (χ1v) is 5.62. The number of benzene rings is 2. The van der Waals surface area contributed by atoms with Gasteiger partial charge in [-0.05, 0) is 37.3 Å². The fourth-order valence-electron chi connectivity index (χ4n) is 2.13. The largest absolute Gasteiger partial charge is 0.496 e. The number of hydrogen-bond donors (Lipinski definition) is 0. The van der Waals surface area contributed by atoms with Crippen molar-refractivity contribution in [2.24, 2.45) is 0 Å². The highest BCUT2D eigenvalue weighted by molar-refractivity contribution is 5.96. The van der Waals surface area contributed by atoms with Crippen molar-refractivity contribution in [3.63, 3.8) is 0 Å². The van der Waals surface area contributed by atoms with Gasteiger partial charge in [-0.3, -0.25) is 0 Å². The molecule has 0 aliphatic carbocycles. The first-order valence-electron chi connectivity index (χ1n) is 5.62. The Morgan fingerprint density at radius 2 is 1.88 bits per heavy atom. The second-order valence-electron chi connectivity index (χ2n) is 4.21. The van der Waals surface area contributed by atoms with Crippen LogP contribution in [0.25, 0.3) is 21.8 Å². The van der Waals surface area contributed by atoms with Crippen LogP contribution in [0.2, 0.25) is 0 Å². The van der Waals surface area contributed by atoms with Gasteiger partial charge < -0.3 is 4.74 Å². The van der Waals surface area contributed by atoms with Crippen molar-refractivity contribution in [2.75, 3.05) is 7.11 Å². The molecule has 2 heteroatoms. The zero-order valence-corrected chi connectivity index (χ0v) is 9.90. The lowest BCUT2D eigenvalue weighted by molar-refractivity contribution is 0.420. The van der Waals surface area contributed by atoms with Crippen LogP contribution >= 0.6 is 0 Å². The zero-order chi connectivity index (χ0) is 11.8. The lowest BCUT2D eigenvalue weighted by Crippen LogP contribution is -1.88. The molecule has 0 spiro atoms. The van der Waals surface area contributed by atoms with E-state index in [4.69, 9.17) is 4.74 Å². The zero-order valence-electron chi connectivity index (χ0n) is 9.90. The number of pyridine rings is 1. The summed E-state index contributed by atoms with van der Waals surface area (Å²) < 4.78 is 5.37. The Labute approximate surface area is 99.9 Å². The van der Waals surface area contributed by atoms with Crippen molar-refractivity contribution in [1.29, 1.82) is 0 Å². The average Bonchev–Trinajstić information content (AvgIpc) is 2.35. The maximum Gasteiger partial charge on any atom is 0.128 e. The Balaban J connectivity index is 2.44. The van der Waals surface area contributed by atoms with Crippen LogP contribution < -0.4 is 4.74 Å². The first-order chi connectivity index (χ1) is 8.28. The van der Waals surface area contributed by atoms with Crippen molar-refractivity contribution < 1.29 is 4.74 Å². The Morgan fingerprint density at radius 1 is 1.00 bits per heavy atom. The van der Waals surface area contributed by atoms with Gasteiger partial charge in [-0.15, -0.1) is 0 Å². The van der Waals surface area contributed by atoms with Crippen LogP contribution in [0, 0.1) is 6.92 Å². The molecule has 0 saturated carbocycles. The monoisotopic (exact) mass is 223 g/mol. The van der Waals surface area contributed by atoms with E-state index in [1.165, 1.54) is 5.56 Å². The second-order valence-corrected chi connectivity index (χ2v) is 4.21. The van der Waals surface area contributed by atoms with Crippen LogP contribution in [0.4, 0.5) is 0 Å². The molecular formula is C15H13NO. The van der Waals surface area contributed by atoms with Gasteiger partial charge in [0.2, 0.25) is 0 Å². The van der Waals surface area contributed by atoms with Gasteiger partial charge in [0.15, 0.2) is 0 Å². The number of aromatic nitrogens is 1. The summed E-state index contributed by atoms with van der Waals surface area (Å²) in [7, 11) is 1.69. The van der Waals surface area contributed by atoms with Gasteiger partial charge in [-0.1, -0.05) is 17.7 Å². The van der Waals surface area contributed by atoms with E-state index in [1.807, 2.05) is 18.2 Å². The van der Waals surface area contributed by atoms with Gasteiger partial charge in [0.25, 0.3) is 0 Å². The van der Waals surface area contributed by atoms with Crippen molar-refractivity contribution in [3.05, 3.63) is 48.0 Å². The molecule has 17 heavy (non-hydrogen) atoms. The highest BCUT2D eigenvalue weighted by Crippen LogP contribution is 2.27. The van der Waals surface area contributed by atoms with Crippen molar-refractivity contribution in [3.8, 4) is 5.75 Å². The van der Waals surface area contributed by atoms with Gasteiger partial charge in [-0.25, -0.2) is 4.98 Å². The molecular weight excluding hydrogens is 210 g/mol. The van der Waals surface area contributed by atoms with E-state index in [0.29, 0.717) is 0 Å². The lowest BCUT2D eigenvalue weighted by atomic mass is 10.1. The smallest absolute Gasteiger partial charge is 0.128 e. The third-order valence-corrected chi connectivity index (χ3v) is 2.99. The normalized spacial score (nSPS) is 10.9. The highest BCUT2D eigenvalue weighted by Gasteiger charge is 2.04. The minimum absolute atomic E-state index is 0.874. The molecule has 0 N–H and O–H groups in total. The number of ether oxygens (including phenoxy) is 1. The number of methoxy groups -OCH3 is 1. The molecule has 2 nitrogen and oxygen atoms in total. The van der Waals surface area contributed by atoms with E-state index < -0.39 is 0 Å². The third-order valence-electron chi connectivity index (χ3n) is 2.99. The van der Waals surface area contributed by atoms with Crippen molar-refractivity contribution in [2.45, 2.75) is 6.92 Å². The van der Waals surface area contributed by atoms with Gasteiger partial charge in [0.1, 0.15) is 5.75 Å². The average molecular weight is 223 g/mol. The molecule has 0 radical (unpaired) electrons. The predicted molar refractivity (Wildman–Crippen MR) is 70.5 cm³/mol. The summed E-state index contributed by atoms with van der Waals surface area (Å²) >= 11 is 0. The maximum atomic E-state index is 5.37. The fraction of sp³-hybridized carbons (Fsp3) is 0.133. The van der Waals surface area contributed by atoms with Gasteiger partial charge in [0.05, 0.1) is 18.1 Å². The van der Waals surface area contributed by atoms with Crippen LogP contribution in [0.3, 0.4) is 0 Å². The molecule has 0 bridgehead atoms. The molecule has 3 rings (SSSR count). The Hall–Kier alpha value is -2.09. The van der Waals surface area contributed by atoms with Crippen LogP contribution in [0.15, 0.2) is 42.5 Å². The summed E-state index contributed by atoms with van der Waals surface area (Å²) in [4.78, 5) is 4.65. The minimum atomic E-state index is 0.874. The summed E-state index contributed by atoms with van der Waals surface area (Å²) in [5, 5.41) is 2.22. The summed E-state index contributed by atoms with van der Waals surface area (Å²) in [6.07, 6.45) is 0. The Kier molecular flexibility index (Phi) is 2.22. The number of nitrogens with zero attached hydrogens (tertiary/aromatic N) is 1. The SMILES string of the molecule is COc1cccc2nc3ccc(C)cc3cc12. The van der Waals surface area contributed by atoms with Crippen LogP contribution in [-0.4, -0.2) is 12.1 Å². The molecule has 0 unspecified atom stereocenters. The molecule has 1 heterocycles. The molecule has 1 aromatic heterocycles. The number of fused-ring (bicyclic) bond motifs is 2. The minimum Gasteiger partial charge on any atom is -0.496 e. The molecule has 0 atom stereocenters. The van der Waals surface area contributed by atoms with Gasteiger partial charge in [0, 0.05) is 10.8 Å². The second kappa shape index (κ2) is 3.74. The Morgan fingerprint density at radius 3 is 2.71 bits per heavy atom. The van der Waals surface area contributed by atoms with Crippen LogP contribution in [-0.2, 0) is 0 Å². The van der Waals surface area contributed by atoms with E-state index in [2.05, 4.69) is 36.2 Å². The summed E-state index contributed by atoms with van der Waals surface area (Å²) in [6, 6.07) is 14.4. The van der Waals surface area contributed by atoms with Crippen LogP contribution in [0.5, 0.6) is 5.75 Å². The third kappa shape index (κ3) is 1.62. The maximum absolute atomic E-state index is 5.37. The van der Waals surface area contributed by atoms with E-state index in [9.17, 15) is 0 Å². The van der Waals surface area contributed by atoms with E-state index in [0.717, 1.165) is 27.6 Å².